The molecule has 3 heterocycles. The number of nitrogens with zero attached hydrogens (tertiary/aromatic N) is 2. The Labute approximate surface area is 164 Å². The normalized spacial score (nSPS) is 24.6. The molecule has 2 aliphatic heterocycles. The molecule has 1 fully saturated rings. The van der Waals surface area contributed by atoms with E-state index in [2.05, 4.69) is 33.5 Å². The third-order valence-electron chi connectivity index (χ3n) is 6.32. The van der Waals surface area contributed by atoms with Crippen LogP contribution in [-0.2, 0) is 19.4 Å². The number of aromatic nitrogens is 2. The van der Waals surface area contributed by atoms with Crippen LogP contribution in [0.15, 0.2) is 18.2 Å². The molecule has 5 rings (SSSR count). The summed E-state index contributed by atoms with van der Waals surface area (Å²) in [4.78, 5) is 15.3. The summed E-state index contributed by atoms with van der Waals surface area (Å²) < 4.78 is 5.62. The number of likely N-dealkylation sites (N-methyl/N-ethyl adjacent to an activating group) is 1. The summed E-state index contributed by atoms with van der Waals surface area (Å²) in [6.45, 7) is 2.42. The molecule has 1 saturated carbocycles. The van der Waals surface area contributed by atoms with Gasteiger partial charge in [0.1, 0.15) is 5.75 Å². The van der Waals surface area contributed by atoms with E-state index in [1.165, 1.54) is 5.56 Å². The number of carbonyl (C=O) groups is 1. The molecule has 3 aliphatic rings. The first-order valence-corrected chi connectivity index (χ1v) is 10.1. The maximum absolute atomic E-state index is 13.1. The highest BCUT2D eigenvalue weighted by Gasteiger charge is 2.37. The number of carbonyl (C=O) groups excluding carboxylic acids is 1. The van der Waals surface area contributed by atoms with Crippen LogP contribution in [0.4, 0.5) is 0 Å². The van der Waals surface area contributed by atoms with Crippen molar-refractivity contribution in [2.24, 2.45) is 5.92 Å². The maximum Gasteiger partial charge on any atom is 0.272 e. The molecular weight excluding hydrogens is 356 g/mol. The highest BCUT2D eigenvalue weighted by molar-refractivity contribution is 5.94. The molecule has 0 unspecified atom stereocenters. The molecule has 1 aliphatic carbocycles. The van der Waals surface area contributed by atoms with Crippen molar-refractivity contribution in [2.75, 3.05) is 20.2 Å². The summed E-state index contributed by atoms with van der Waals surface area (Å²) in [5, 5.41) is 20.4. The third kappa shape index (κ3) is 3.08. The van der Waals surface area contributed by atoms with Crippen molar-refractivity contribution in [2.45, 2.75) is 44.4 Å². The zero-order chi connectivity index (χ0) is 19.3. The lowest BCUT2D eigenvalue weighted by Gasteiger charge is -2.38. The fourth-order valence-corrected chi connectivity index (χ4v) is 4.60. The summed E-state index contributed by atoms with van der Waals surface area (Å²) in [5.74, 6) is 1.03. The van der Waals surface area contributed by atoms with Crippen molar-refractivity contribution in [1.82, 2.24) is 20.4 Å². The van der Waals surface area contributed by atoms with Crippen LogP contribution in [0.25, 0.3) is 0 Å². The smallest absolute Gasteiger partial charge is 0.272 e. The van der Waals surface area contributed by atoms with Crippen molar-refractivity contribution in [1.29, 1.82) is 0 Å². The van der Waals surface area contributed by atoms with Gasteiger partial charge in [-0.3, -0.25) is 9.89 Å². The predicted octanol–water partition coefficient (Wildman–Crippen LogP) is 1.57. The van der Waals surface area contributed by atoms with Gasteiger partial charge in [0, 0.05) is 37.2 Å². The number of benzene rings is 1. The van der Waals surface area contributed by atoms with E-state index in [4.69, 9.17) is 4.74 Å². The molecule has 7 nitrogen and oxygen atoms in total. The third-order valence-corrected chi connectivity index (χ3v) is 6.32. The minimum Gasteiger partial charge on any atom is -0.493 e. The Hall–Kier alpha value is -2.38. The Morgan fingerprint density at radius 1 is 1.39 bits per heavy atom. The van der Waals surface area contributed by atoms with Crippen molar-refractivity contribution in [3.8, 4) is 5.75 Å². The fraction of sp³-hybridized carbons (Fsp3) is 0.524. The SMILES string of the molecule is CN1CCc2[nH]nc(C(=O)N[C@@H](c3ccc4c(c3)CCO4)C3CC(O)C3)c2C1. The van der Waals surface area contributed by atoms with Crippen LogP contribution in [0.1, 0.15) is 51.8 Å². The zero-order valence-electron chi connectivity index (χ0n) is 16.1. The van der Waals surface area contributed by atoms with Crippen LogP contribution in [-0.4, -0.2) is 52.4 Å². The van der Waals surface area contributed by atoms with Gasteiger partial charge >= 0.3 is 0 Å². The van der Waals surface area contributed by atoms with Crippen molar-refractivity contribution in [3.63, 3.8) is 0 Å². The number of H-pyrrole nitrogens is 1. The number of aliphatic hydroxyl groups is 1. The minimum atomic E-state index is -0.269. The Balaban J connectivity index is 1.41. The molecule has 28 heavy (non-hydrogen) atoms. The lowest BCUT2D eigenvalue weighted by Crippen LogP contribution is -2.42. The molecule has 3 N–H and O–H groups in total. The molecule has 0 radical (unpaired) electrons. The monoisotopic (exact) mass is 382 g/mol. The maximum atomic E-state index is 13.1. The number of fused-ring (bicyclic) bond motifs is 2. The molecule has 1 amide bonds. The summed E-state index contributed by atoms with van der Waals surface area (Å²) in [5.41, 5.74) is 4.83. The van der Waals surface area contributed by atoms with Gasteiger partial charge in [-0.1, -0.05) is 6.07 Å². The lowest BCUT2D eigenvalue weighted by atomic mass is 9.74. The van der Waals surface area contributed by atoms with Gasteiger partial charge in [0.2, 0.25) is 0 Å². The lowest BCUT2D eigenvalue weighted by molar-refractivity contribution is 0.0234. The minimum absolute atomic E-state index is 0.129. The summed E-state index contributed by atoms with van der Waals surface area (Å²) in [6.07, 6.45) is 2.93. The van der Waals surface area contributed by atoms with E-state index in [0.717, 1.165) is 48.5 Å². The van der Waals surface area contributed by atoms with Gasteiger partial charge in [-0.2, -0.15) is 5.10 Å². The zero-order valence-corrected chi connectivity index (χ0v) is 16.1. The molecule has 2 aromatic rings. The first kappa shape index (κ1) is 17.7. The van der Waals surface area contributed by atoms with E-state index in [9.17, 15) is 9.90 Å². The number of hydrogen-bond acceptors (Lipinski definition) is 5. The highest BCUT2D eigenvalue weighted by atomic mass is 16.5. The van der Waals surface area contributed by atoms with Crippen LogP contribution < -0.4 is 10.1 Å². The molecule has 1 aromatic heterocycles. The fourth-order valence-electron chi connectivity index (χ4n) is 4.60. The molecule has 148 valence electrons. The second-order valence-electron chi connectivity index (χ2n) is 8.32. The largest absolute Gasteiger partial charge is 0.493 e. The molecule has 1 aromatic carbocycles. The van der Waals surface area contributed by atoms with Gasteiger partial charge in [-0.05, 0) is 49.1 Å². The molecule has 0 spiro atoms. The average Bonchev–Trinajstić information content (AvgIpc) is 3.29. The molecule has 0 saturated heterocycles. The highest BCUT2D eigenvalue weighted by Crippen LogP contribution is 2.40. The Morgan fingerprint density at radius 3 is 3.07 bits per heavy atom. The number of ether oxygens (including phenoxy) is 1. The quantitative estimate of drug-likeness (QED) is 0.747. The average molecular weight is 382 g/mol. The van der Waals surface area contributed by atoms with Gasteiger partial charge in [0.15, 0.2) is 5.69 Å². The number of nitrogens with one attached hydrogen (secondary N) is 2. The van der Waals surface area contributed by atoms with Crippen LogP contribution in [0.3, 0.4) is 0 Å². The van der Waals surface area contributed by atoms with Gasteiger partial charge in [-0.15, -0.1) is 0 Å². The van der Waals surface area contributed by atoms with E-state index < -0.39 is 0 Å². The second-order valence-corrected chi connectivity index (χ2v) is 8.32. The topological polar surface area (TPSA) is 90.5 Å². The molecule has 7 heteroatoms. The first-order chi connectivity index (χ1) is 13.6. The van der Waals surface area contributed by atoms with Crippen LogP contribution in [0.2, 0.25) is 0 Å². The second kappa shape index (κ2) is 6.90. The number of aromatic amines is 1. The Morgan fingerprint density at radius 2 is 2.25 bits per heavy atom. The first-order valence-electron chi connectivity index (χ1n) is 10.1. The van der Waals surface area contributed by atoms with E-state index >= 15 is 0 Å². The number of rotatable bonds is 4. The van der Waals surface area contributed by atoms with Crippen LogP contribution >= 0.6 is 0 Å². The number of hydrogen-bond donors (Lipinski definition) is 3. The van der Waals surface area contributed by atoms with E-state index in [1.54, 1.807) is 0 Å². The van der Waals surface area contributed by atoms with Gasteiger partial charge in [0.25, 0.3) is 5.91 Å². The summed E-state index contributed by atoms with van der Waals surface area (Å²) >= 11 is 0. The molecule has 0 bridgehead atoms. The predicted molar refractivity (Wildman–Crippen MR) is 103 cm³/mol. The van der Waals surface area contributed by atoms with Crippen molar-refractivity contribution < 1.29 is 14.6 Å². The van der Waals surface area contributed by atoms with Crippen molar-refractivity contribution >= 4 is 5.91 Å². The Kier molecular flexibility index (Phi) is 4.36. The van der Waals surface area contributed by atoms with Gasteiger partial charge < -0.3 is 20.1 Å². The van der Waals surface area contributed by atoms with Gasteiger partial charge in [-0.25, -0.2) is 0 Å². The van der Waals surface area contributed by atoms with Crippen molar-refractivity contribution in [3.05, 3.63) is 46.3 Å². The number of aliphatic hydroxyl groups excluding tert-OH is 1. The molecular formula is C21H26N4O3. The molecule has 1 atom stereocenters. The number of amides is 1. The Bertz CT molecular complexity index is 903. The van der Waals surface area contributed by atoms with E-state index in [1.807, 2.05) is 12.1 Å². The van der Waals surface area contributed by atoms with E-state index in [0.29, 0.717) is 25.1 Å². The summed E-state index contributed by atoms with van der Waals surface area (Å²) in [7, 11) is 2.06. The summed E-state index contributed by atoms with van der Waals surface area (Å²) in [6, 6.07) is 6.05. The van der Waals surface area contributed by atoms with Gasteiger partial charge in [0.05, 0.1) is 18.8 Å². The van der Waals surface area contributed by atoms with E-state index in [-0.39, 0.29) is 24.0 Å². The van der Waals surface area contributed by atoms with Crippen LogP contribution in [0, 0.1) is 5.92 Å². The van der Waals surface area contributed by atoms with Crippen LogP contribution in [0.5, 0.6) is 5.75 Å². The standard InChI is InChI=1S/C21H26N4O3/c1-25-6-4-17-16(11-25)20(24-23-17)21(27)22-19(14-9-15(26)10-14)13-2-3-18-12(8-13)5-7-28-18/h2-3,8,14-15,19,26H,4-7,9-11H2,1H3,(H,22,27)(H,23,24)/t14?,15?,19-/m0/s1.